The summed E-state index contributed by atoms with van der Waals surface area (Å²) in [6.07, 6.45) is 1.25. The summed E-state index contributed by atoms with van der Waals surface area (Å²) in [7, 11) is 0. The Bertz CT molecular complexity index is 454. The van der Waals surface area contributed by atoms with Crippen molar-refractivity contribution in [3.63, 3.8) is 0 Å². The van der Waals surface area contributed by atoms with Crippen LogP contribution in [0.3, 0.4) is 0 Å². The Balaban J connectivity index is 1.99. The van der Waals surface area contributed by atoms with Crippen molar-refractivity contribution in [3.05, 3.63) is 28.8 Å². The number of halogens is 1. The van der Waals surface area contributed by atoms with Crippen LogP contribution in [0.15, 0.2) is 18.2 Å². The van der Waals surface area contributed by atoms with Crippen molar-refractivity contribution in [2.45, 2.75) is 40.7 Å². The van der Waals surface area contributed by atoms with Crippen molar-refractivity contribution < 1.29 is 0 Å². The second-order valence-corrected chi connectivity index (χ2v) is 7.54. The maximum atomic E-state index is 6.43. The fourth-order valence-corrected chi connectivity index (χ4v) is 2.95. The number of nitrogens with one attached hydrogen (secondary N) is 1. The summed E-state index contributed by atoms with van der Waals surface area (Å²) in [6.45, 7) is 13.2. The second kappa shape index (κ2) is 6.36. The van der Waals surface area contributed by atoms with E-state index in [1.165, 1.54) is 17.7 Å². The largest absolute Gasteiger partial charge is 0.371 e. The predicted octanol–water partition coefficient (Wildman–Crippen LogP) is 4.32. The van der Waals surface area contributed by atoms with E-state index >= 15 is 0 Å². The normalized spacial score (nSPS) is 18.0. The lowest BCUT2D eigenvalue weighted by Gasteiger charge is -2.22. The van der Waals surface area contributed by atoms with Crippen molar-refractivity contribution in [2.75, 3.05) is 24.5 Å². The Kier molecular flexibility index (Phi) is 4.98. The third-order valence-corrected chi connectivity index (χ3v) is 4.30. The molecule has 0 unspecified atom stereocenters. The summed E-state index contributed by atoms with van der Waals surface area (Å²) < 4.78 is 0. The molecule has 0 spiro atoms. The smallest absolute Gasteiger partial charge is 0.0471 e. The zero-order chi connectivity index (χ0) is 14.8. The van der Waals surface area contributed by atoms with Gasteiger partial charge in [0, 0.05) is 30.3 Å². The first-order valence-corrected chi connectivity index (χ1v) is 7.99. The van der Waals surface area contributed by atoms with Crippen molar-refractivity contribution >= 4 is 17.3 Å². The van der Waals surface area contributed by atoms with Gasteiger partial charge in [0.1, 0.15) is 0 Å². The molecular weight excluding hydrogens is 268 g/mol. The van der Waals surface area contributed by atoms with Crippen LogP contribution >= 0.6 is 11.6 Å². The Hall–Kier alpha value is -0.730. The van der Waals surface area contributed by atoms with Gasteiger partial charge in [0.15, 0.2) is 0 Å². The van der Waals surface area contributed by atoms with Gasteiger partial charge in [-0.2, -0.15) is 0 Å². The quantitative estimate of drug-likeness (QED) is 0.870. The van der Waals surface area contributed by atoms with Crippen LogP contribution in [0, 0.1) is 11.3 Å². The lowest BCUT2D eigenvalue weighted by atomic mass is 9.93. The SMILES string of the molecule is CC(C)CNCc1ccc(N2CCC(C)(C)C2)cc1Cl. The highest BCUT2D eigenvalue weighted by atomic mass is 35.5. The lowest BCUT2D eigenvalue weighted by Crippen LogP contribution is -2.23. The first-order chi connectivity index (χ1) is 9.37. The van der Waals surface area contributed by atoms with E-state index in [0.717, 1.165) is 31.2 Å². The van der Waals surface area contributed by atoms with Crippen molar-refractivity contribution in [1.82, 2.24) is 5.32 Å². The molecule has 3 heteroatoms. The van der Waals surface area contributed by atoms with Crippen LogP contribution < -0.4 is 10.2 Å². The Morgan fingerprint density at radius 3 is 2.65 bits per heavy atom. The second-order valence-electron chi connectivity index (χ2n) is 7.14. The topological polar surface area (TPSA) is 15.3 Å². The third kappa shape index (κ3) is 4.13. The van der Waals surface area contributed by atoms with Crippen molar-refractivity contribution in [1.29, 1.82) is 0 Å². The Morgan fingerprint density at radius 1 is 1.35 bits per heavy atom. The van der Waals surface area contributed by atoms with E-state index in [-0.39, 0.29) is 0 Å². The Labute approximate surface area is 128 Å². The van der Waals surface area contributed by atoms with Crippen LogP contribution in [0.4, 0.5) is 5.69 Å². The number of anilines is 1. The molecule has 1 N–H and O–H groups in total. The molecule has 1 aromatic carbocycles. The molecule has 0 atom stereocenters. The molecule has 0 saturated carbocycles. The molecule has 1 heterocycles. The first kappa shape index (κ1) is 15.7. The molecule has 1 aliphatic heterocycles. The van der Waals surface area contributed by atoms with E-state index in [1.54, 1.807) is 0 Å². The molecule has 0 aromatic heterocycles. The van der Waals surface area contributed by atoms with Crippen molar-refractivity contribution in [2.24, 2.45) is 11.3 Å². The van der Waals surface area contributed by atoms with Crippen molar-refractivity contribution in [3.8, 4) is 0 Å². The molecule has 2 rings (SSSR count). The molecule has 20 heavy (non-hydrogen) atoms. The van der Waals surface area contributed by atoms with E-state index in [0.29, 0.717) is 11.3 Å². The number of hydrogen-bond donors (Lipinski definition) is 1. The van der Waals surface area contributed by atoms with E-state index < -0.39 is 0 Å². The molecule has 2 nitrogen and oxygen atoms in total. The van der Waals surface area contributed by atoms with Crippen LogP contribution in [0.5, 0.6) is 0 Å². The summed E-state index contributed by atoms with van der Waals surface area (Å²) in [5.74, 6) is 0.667. The standard InChI is InChI=1S/C17H27ClN2/c1-13(2)10-19-11-14-5-6-15(9-16(14)18)20-8-7-17(3,4)12-20/h5-6,9,13,19H,7-8,10-12H2,1-4H3. The van der Waals surface area contributed by atoms with Crippen LogP contribution in [-0.4, -0.2) is 19.6 Å². The van der Waals surface area contributed by atoms with E-state index in [1.807, 2.05) is 0 Å². The highest BCUT2D eigenvalue weighted by Gasteiger charge is 2.29. The summed E-state index contributed by atoms with van der Waals surface area (Å²) in [5, 5.41) is 4.32. The van der Waals surface area contributed by atoms with Crippen LogP contribution in [0.2, 0.25) is 5.02 Å². The fourth-order valence-electron chi connectivity index (χ4n) is 2.70. The minimum Gasteiger partial charge on any atom is -0.371 e. The fraction of sp³-hybridized carbons (Fsp3) is 0.647. The monoisotopic (exact) mass is 294 g/mol. The Morgan fingerprint density at radius 2 is 2.10 bits per heavy atom. The molecule has 0 amide bonds. The molecule has 112 valence electrons. The minimum atomic E-state index is 0.421. The van der Waals surface area contributed by atoms with Gasteiger partial charge in [-0.3, -0.25) is 0 Å². The summed E-state index contributed by atoms with van der Waals surface area (Å²) in [5.41, 5.74) is 2.87. The molecule has 1 saturated heterocycles. The summed E-state index contributed by atoms with van der Waals surface area (Å²) in [4.78, 5) is 2.44. The van der Waals surface area contributed by atoms with E-state index in [4.69, 9.17) is 11.6 Å². The van der Waals surface area contributed by atoms with Gasteiger partial charge in [-0.1, -0.05) is 45.4 Å². The molecule has 0 radical (unpaired) electrons. The van der Waals surface area contributed by atoms with Crippen LogP contribution in [0.1, 0.15) is 39.7 Å². The lowest BCUT2D eigenvalue weighted by molar-refractivity contribution is 0.418. The summed E-state index contributed by atoms with van der Waals surface area (Å²) >= 11 is 6.43. The van der Waals surface area contributed by atoms with Gasteiger partial charge in [-0.15, -0.1) is 0 Å². The van der Waals surface area contributed by atoms with Gasteiger partial charge in [0.2, 0.25) is 0 Å². The predicted molar refractivity (Wildman–Crippen MR) is 88.6 cm³/mol. The van der Waals surface area contributed by atoms with Gasteiger partial charge < -0.3 is 10.2 Å². The van der Waals surface area contributed by atoms with Gasteiger partial charge in [-0.05, 0) is 42.0 Å². The highest BCUT2D eigenvalue weighted by molar-refractivity contribution is 6.31. The zero-order valence-corrected chi connectivity index (χ0v) is 13.9. The molecular formula is C17H27ClN2. The molecule has 1 aromatic rings. The van der Waals surface area contributed by atoms with Gasteiger partial charge in [0.25, 0.3) is 0 Å². The number of hydrogen-bond acceptors (Lipinski definition) is 2. The van der Waals surface area contributed by atoms with Crippen LogP contribution in [-0.2, 0) is 6.54 Å². The molecule has 1 aliphatic rings. The molecule has 0 bridgehead atoms. The number of nitrogens with zero attached hydrogens (tertiary/aromatic N) is 1. The summed E-state index contributed by atoms with van der Waals surface area (Å²) in [6, 6.07) is 6.49. The third-order valence-electron chi connectivity index (χ3n) is 3.95. The average Bonchev–Trinajstić information content (AvgIpc) is 2.71. The van der Waals surface area contributed by atoms with E-state index in [2.05, 4.69) is 56.1 Å². The number of rotatable bonds is 5. The van der Waals surface area contributed by atoms with Gasteiger partial charge in [0.05, 0.1) is 0 Å². The van der Waals surface area contributed by atoms with Gasteiger partial charge in [-0.25, -0.2) is 0 Å². The number of benzene rings is 1. The zero-order valence-electron chi connectivity index (χ0n) is 13.2. The maximum absolute atomic E-state index is 6.43. The average molecular weight is 295 g/mol. The maximum Gasteiger partial charge on any atom is 0.0471 e. The van der Waals surface area contributed by atoms with Crippen LogP contribution in [0.25, 0.3) is 0 Å². The first-order valence-electron chi connectivity index (χ1n) is 7.61. The molecule has 0 aliphatic carbocycles. The minimum absolute atomic E-state index is 0.421. The van der Waals surface area contributed by atoms with Gasteiger partial charge >= 0.3 is 0 Å². The highest BCUT2D eigenvalue weighted by Crippen LogP contribution is 2.34. The van der Waals surface area contributed by atoms with E-state index in [9.17, 15) is 0 Å². The molecule has 1 fully saturated rings.